The lowest BCUT2D eigenvalue weighted by molar-refractivity contribution is 0.283. The van der Waals surface area contributed by atoms with E-state index in [0.29, 0.717) is 6.54 Å². The van der Waals surface area contributed by atoms with Gasteiger partial charge >= 0.3 is 0 Å². The summed E-state index contributed by atoms with van der Waals surface area (Å²) < 4.78 is 6.06. The molecule has 4 heteroatoms. The van der Waals surface area contributed by atoms with Gasteiger partial charge in [-0.2, -0.15) is 0 Å². The van der Waals surface area contributed by atoms with Gasteiger partial charge in [-0.3, -0.25) is 0 Å². The minimum atomic E-state index is 0.161. The Morgan fingerprint density at radius 2 is 1.73 bits per heavy atom. The molecule has 0 radical (unpaired) electrons. The molecule has 4 rings (SSSR count). The molecule has 0 aliphatic rings. The van der Waals surface area contributed by atoms with Crippen LogP contribution in [0, 0.1) is 0 Å². The molecule has 0 aliphatic heterocycles. The zero-order valence-electron chi connectivity index (χ0n) is 15.1. The Labute approximate surface area is 153 Å². The average molecular weight is 345 g/mol. The van der Waals surface area contributed by atoms with E-state index in [9.17, 15) is 0 Å². The van der Waals surface area contributed by atoms with E-state index in [-0.39, 0.29) is 6.04 Å². The van der Waals surface area contributed by atoms with Crippen LogP contribution in [0.1, 0.15) is 18.2 Å². The molecule has 4 aromatic rings. The predicted octanol–water partition coefficient (Wildman–Crippen LogP) is 4.60. The molecule has 0 amide bonds. The maximum absolute atomic E-state index is 6.06. The first-order chi connectivity index (χ1) is 12.7. The summed E-state index contributed by atoms with van der Waals surface area (Å²) >= 11 is 0. The number of furan rings is 1. The number of nitrogens with two attached hydrogens (primary N) is 1. The normalized spacial score (nSPS) is 12.9. The number of hydrogen-bond donors (Lipinski definition) is 1. The number of hydrogen-bond acceptors (Lipinski definition) is 4. The molecule has 4 nitrogen and oxygen atoms in total. The second kappa shape index (κ2) is 6.90. The standard InChI is InChI=1S/C22H23N3O/c1-25(2)19(11-12-23)22-17-9-5-3-7-15(17)13-18(24-22)21-14-16-8-4-6-10-20(16)26-21/h3-10,13-14,19H,11-12,23H2,1-2H3. The topological polar surface area (TPSA) is 55.3 Å². The van der Waals surface area contributed by atoms with Crippen LogP contribution in [0.2, 0.25) is 0 Å². The lowest BCUT2D eigenvalue weighted by Gasteiger charge is -2.25. The highest BCUT2D eigenvalue weighted by atomic mass is 16.3. The van der Waals surface area contributed by atoms with Crippen molar-refractivity contribution in [1.29, 1.82) is 0 Å². The lowest BCUT2D eigenvalue weighted by atomic mass is 10.0. The Kier molecular flexibility index (Phi) is 4.45. The number of para-hydroxylation sites is 1. The molecule has 0 fully saturated rings. The molecule has 26 heavy (non-hydrogen) atoms. The third kappa shape index (κ3) is 2.98. The quantitative estimate of drug-likeness (QED) is 0.574. The number of pyridine rings is 1. The molecule has 0 spiro atoms. The molecular weight excluding hydrogens is 322 g/mol. The molecule has 2 aromatic carbocycles. The van der Waals surface area contributed by atoms with Crippen molar-refractivity contribution < 1.29 is 4.42 Å². The van der Waals surface area contributed by atoms with Gasteiger partial charge < -0.3 is 15.1 Å². The van der Waals surface area contributed by atoms with Crippen molar-refractivity contribution in [2.75, 3.05) is 20.6 Å². The first kappa shape index (κ1) is 16.8. The average Bonchev–Trinajstić information content (AvgIpc) is 3.09. The summed E-state index contributed by atoms with van der Waals surface area (Å²) in [5.41, 5.74) is 8.67. The Morgan fingerprint density at radius 1 is 1.00 bits per heavy atom. The zero-order chi connectivity index (χ0) is 18.1. The Hall–Kier alpha value is -2.69. The van der Waals surface area contributed by atoms with Crippen LogP contribution in [0.5, 0.6) is 0 Å². The number of fused-ring (bicyclic) bond motifs is 2. The molecular formula is C22H23N3O. The van der Waals surface area contributed by atoms with E-state index in [4.69, 9.17) is 15.1 Å². The van der Waals surface area contributed by atoms with Gasteiger partial charge in [0.05, 0.1) is 11.7 Å². The Morgan fingerprint density at radius 3 is 2.46 bits per heavy atom. The SMILES string of the molecule is CN(C)C(CCN)c1nc(-c2cc3ccccc3o2)cc2ccccc12. The van der Waals surface area contributed by atoms with Crippen molar-refractivity contribution in [3.05, 3.63) is 66.4 Å². The smallest absolute Gasteiger partial charge is 0.153 e. The molecule has 2 aromatic heterocycles. The van der Waals surface area contributed by atoms with E-state index >= 15 is 0 Å². The second-order valence-corrected chi connectivity index (χ2v) is 6.82. The minimum Gasteiger partial charge on any atom is -0.454 e. The maximum atomic E-state index is 6.06. The van der Waals surface area contributed by atoms with E-state index in [0.717, 1.165) is 39.9 Å². The van der Waals surface area contributed by atoms with Crippen LogP contribution in [0.3, 0.4) is 0 Å². The molecule has 2 heterocycles. The van der Waals surface area contributed by atoms with Gasteiger partial charge in [-0.15, -0.1) is 0 Å². The van der Waals surface area contributed by atoms with Crippen molar-refractivity contribution in [3.8, 4) is 11.5 Å². The van der Waals surface area contributed by atoms with Gasteiger partial charge in [0.25, 0.3) is 0 Å². The van der Waals surface area contributed by atoms with Crippen LogP contribution in [-0.4, -0.2) is 30.5 Å². The molecule has 1 atom stereocenters. The minimum absolute atomic E-state index is 0.161. The fourth-order valence-electron chi connectivity index (χ4n) is 3.51. The van der Waals surface area contributed by atoms with Crippen molar-refractivity contribution in [1.82, 2.24) is 9.88 Å². The number of aromatic nitrogens is 1. The molecule has 0 saturated carbocycles. The molecule has 132 valence electrons. The van der Waals surface area contributed by atoms with Crippen LogP contribution < -0.4 is 5.73 Å². The fourth-order valence-corrected chi connectivity index (χ4v) is 3.51. The number of nitrogens with zero attached hydrogens (tertiary/aromatic N) is 2. The largest absolute Gasteiger partial charge is 0.454 e. The van der Waals surface area contributed by atoms with Crippen LogP contribution in [-0.2, 0) is 0 Å². The van der Waals surface area contributed by atoms with Gasteiger partial charge in [0.2, 0.25) is 0 Å². The first-order valence-corrected chi connectivity index (χ1v) is 8.92. The third-order valence-corrected chi connectivity index (χ3v) is 4.83. The van der Waals surface area contributed by atoms with Gasteiger partial charge in [-0.25, -0.2) is 4.98 Å². The summed E-state index contributed by atoms with van der Waals surface area (Å²) in [6.45, 7) is 0.619. The fraction of sp³-hybridized carbons (Fsp3) is 0.227. The van der Waals surface area contributed by atoms with E-state index < -0.39 is 0 Å². The van der Waals surface area contributed by atoms with Crippen molar-refractivity contribution in [2.24, 2.45) is 5.73 Å². The van der Waals surface area contributed by atoms with Crippen LogP contribution in [0.15, 0.2) is 65.1 Å². The Bertz CT molecular complexity index is 1020. The van der Waals surface area contributed by atoms with Gasteiger partial charge in [0, 0.05) is 10.8 Å². The predicted molar refractivity (Wildman–Crippen MR) is 107 cm³/mol. The van der Waals surface area contributed by atoms with E-state index in [2.05, 4.69) is 61.5 Å². The molecule has 0 aliphatic carbocycles. The van der Waals surface area contributed by atoms with Crippen LogP contribution >= 0.6 is 0 Å². The van der Waals surface area contributed by atoms with E-state index in [1.807, 2.05) is 18.2 Å². The molecule has 0 saturated heterocycles. The zero-order valence-corrected chi connectivity index (χ0v) is 15.1. The first-order valence-electron chi connectivity index (χ1n) is 8.92. The summed E-state index contributed by atoms with van der Waals surface area (Å²) in [7, 11) is 4.15. The third-order valence-electron chi connectivity index (χ3n) is 4.83. The monoisotopic (exact) mass is 345 g/mol. The summed E-state index contributed by atoms with van der Waals surface area (Å²) in [5, 5.41) is 3.42. The van der Waals surface area contributed by atoms with Crippen LogP contribution in [0.4, 0.5) is 0 Å². The van der Waals surface area contributed by atoms with Gasteiger partial charge in [-0.05, 0) is 50.6 Å². The maximum Gasteiger partial charge on any atom is 0.153 e. The van der Waals surface area contributed by atoms with Gasteiger partial charge in [0.15, 0.2) is 5.76 Å². The van der Waals surface area contributed by atoms with Crippen molar-refractivity contribution >= 4 is 21.7 Å². The summed E-state index contributed by atoms with van der Waals surface area (Å²) in [6.07, 6.45) is 0.855. The van der Waals surface area contributed by atoms with Gasteiger partial charge in [0.1, 0.15) is 11.3 Å². The van der Waals surface area contributed by atoms with Crippen LogP contribution in [0.25, 0.3) is 33.2 Å². The summed E-state index contributed by atoms with van der Waals surface area (Å²) in [6, 6.07) is 20.7. The number of rotatable bonds is 5. The van der Waals surface area contributed by atoms with Crippen molar-refractivity contribution in [3.63, 3.8) is 0 Å². The molecule has 1 unspecified atom stereocenters. The lowest BCUT2D eigenvalue weighted by Crippen LogP contribution is -2.24. The summed E-state index contributed by atoms with van der Waals surface area (Å²) in [5.74, 6) is 0.795. The van der Waals surface area contributed by atoms with E-state index in [1.54, 1.807) is 0 Å². The molecule has 2 N–H and O–H groups in total. The summed E-state index contributed by atoms with van der Waals surface area (Å²) in [4.78, 5) is 7.20. The molecule has 0 bridgehead atoms. The highest BCUT2D eigenvalue weighted by molar-refractivity contribution is 5.89. The highest BCUT2D eigenvalue weighted by Gasteiger charge is 2.20. The van der Waals surface area contributed by atoms with E-state index in [1.165, 1.54) is 5.39 Å². The Balaban J connectivity index is 1.93. The number of benzene rings is 2. The van der Waals surface area contributed by atoms with Gasteiger partial charge in [-0.1, -0.05) is 42.5 Å². The van der Waals surface area contributed by atoms with Crippen molar-refractivity contribution in [2.45, 2.75) is 12.5 Å². The highest BCUT2D eigenvalue weighted by Crippen LogP contribution is 2.33. The second-order valence-electron chi connectivity index (χ2n) is 6.82.